The van der Waals surface area contributed by atoms with E-state index < -0.39 is 16.6 Å². The maximum Gasteiger partial charge on any atom is 0.288 e. The lowest BCUT2D eigenvalue weighted by Gasteiger charge is -2.07. The molecule has 0 radical (unpaired) electrons. The van der Waals surface area contributed by atoms with Crippen LogP contribution in [-0.4, -0.2) is 15.8 Å². The minimum absolute atomic E-state index is 0.157. The maximum atomic E-state index is 13.4. The highest BCUT2D eigenvalue weighted by atomic mass is 79.9. The Bertz CT molecular complexity index is 738. The molecular formula is C12H8BrFN4O3. The topological polar surface area (TPSA) is 111 Å². The number of benzene rings is 1. The molecule has 0 unspecified atom stereocenters. The van der Waals surface area contributed by atoms with Crippen LogP contribution in [0.25, 0.3) is 0 Å². The fraction of sp³-hybridized carbons (Fsp3) is 0. The second-order valence-electron chi connectivity index (χ2n) is 3.97. The van der Waals surface area contributed by atoms with Gasteiger partial charge >= 0.3 is 0 Å². The minimum atomic E-state index is -0.717. The normalized spacial score (nSPS) is 10.2. The number of halogens is 2. The number of carbonyl (C=O) groups excluding carboxylic acids is 1. The Morgan fingerprint density at radius 3 is 2.76 bits per heavy atom. The largest absolute Gasteiger partial charge is 0.383 e. The van der Waals surface area contributed by atoms with Crippen LogP contribution in [0.3, 0.4) is 0 Å². The number of amides is 1. The molecule has 0 aliphatic heterocycles. The van der Waals surface area contributed by atoms with Gasteiger partial charge in [-0.25, -0.2) is 9.37 Å². The number of carbonyl (C=O) groups is 1. The van der Waals surface area contributed by atoms with Crippen molar-refractivity contribution >= 4 is 39.0 Å². The zero-order valence-electron chi connectivity index (χ0n) is 10.3. The molecule has 1 aromatic carbocycles. The molecule has 0 atom stereocenters. The van der Waals surface area contributed by atoms with Crippen molar-refractivity contribution in [1.29, 1.82) is 0 Å². The summed E-state index contributed by atoms with van der Waals surface area (Å²) in [6, 6.07) is 4.99. The molecule has 0 aliphatic rings. The molecule has 3 N–H and O–H groups in total. The first-order chi connectivity index (χ1) is 9.88. The third-order valence-electron chi connectivity index (χ3n) is 2.54. The first kappa shape index (κ1) is 14.9. The molecule has 2 aromatic rings. The van der Waals surface area contributed by atoms with E-state index in [-0.39, 0.29) is 27.2 Å². The van der Waals surface area contributed by atoms with E-state index in [1.54, 1.807) is 0 Å². The fourth-order valence-corrected chi connectivity index (χ4v) is 1.76. The van der Waals surface area contributed by atoms with Crippen LogP contribution in [0, 0.1) is 15.9 Å². The van der Waals surface area contributed by atoms with Crippen LogP contribution in [-0.2, 0) is 0 Å². The predicted molar refractivity (Wildman–Crippen MR) is 77.4 cm³/mol. The van der Waals surface area contributed by atoms with Crippen LogP contribution in [0.15, 0.2) is 34.9 Å². The number of nitro groups is 1. The van der Waals surface area contributed by atoms with E-state index in [0.717, 1.165) is 18.3 Å². The number of nitrogens with two attached hydrogens (primary N) is 1. The van der Waals surface area contributed by atoms with Crippen molar-refractivity contribution in [2.45, 2.75) is 0 Å². The van der Waals surface area contributed by atoms with Gasteiger partial charge in [-0.15, -0.1) is 0 Å². The van der Waals surface area contributed by atoms with Gasteiger partial charge in [-0.2, -0.15) is 0 Å². The highest BCUT2D eigenvalue weighted by Gasteiger charge is 2.17. The van der Waals surface area contributed by atoms with Crippen LogP contribution in [0.2, 0.25) is 0 Å². The van der Waals surface area contributed by atoms with E-state index in [1.807, 2.05) is 0 Å². The van der Waals surface area contributed by atoms with Crippen molar-refractivity contribution in [2.75, 3.05) is 11.1 Å². The summed E-state index contributed by atoms with van der Waals surface area (Å²) in [5.74, 6) is -1.43. The Morgan fingerprint density at radius 2 is 2.14 bits per heavy atom. The first-order valence-electron chi connectivity index (χ1n) is 5.55. The zero-order chi connectivity index (χ0) is 15.6. The van der Waals surface area contributed by atoms with Crippen LogP contribution in [0.4, 0.5) is 21.6 Å². The molecule has 0 fully saturated rings. The van der Waals surface area contributed by atoms with Crippen LogP contribution in [0.1, 0.15) is 10.4 Å². The second-order valence-corrected chi connectivity index (χ2v) is 4.82. The number of nitrogen functional groups attached to an aromatic ring is 1. The molecule has 21 heavy (non-hydrogen) atoms. The Kier molecular flexibility index (Phi) is 4.13. The second kappa shape index (κ2) is 5.83. The van der Waals surface area contributed by atoms with E-state index >= 15 is 0 Å². The van der Waals surface area contributed by atoms with Gasteiger partial charge in [-0.3, -0.25) is 14.9 Å². The van der Waals surface area contributed by atoms with E-state index in [1.165, 1.54) is 12.1 Å². The number of hydrogen-bond acceptors (Lipinski definition) is 5. The van der Waals surface area contributed by atoms with E-state index in [9.17, 15) is 19.3 Å². The Balaban J connectivity index is 2.29. The maximum absolute atomic E-state index is 13.4. The number of rotatable bonds is 3. The van der Waals surface area contributed by atoms with Gasteiger partial charge in [0, 0.05) is 11.8 Å². The molecule has 1 heterocycles. The SMILES string of the molecule is Nc1ncc([N+](=O)[O-])cc1C(=O)Nc1ccc(Br)c(F)c1. The lowest BCUT2D eigenvalue weighted by Crippen LogP contribution is -2.15. The molecule has 1 amide bonds. The first-order valence-corrected chi connectivity index (χ1v) is 6.34. The lowest BCUT2D eigenvalue weighted by atomic mass is 10.2. The molecule has 0 saturated carbocycles. The molecule has 9 heteroatoms. The van der Waals surface area contributed by atoms with E-state index in [0.29, 0.717) is 0 Å². The highest BCUT2D eigenvalue weighted by molar-refractivity contribution is 9.10. The van der Waals surface area contributed by atoms with E-state index in [2.05, 4.69) is 26.2 Å². The van der Waals surface area contributed by atoms with Gasteiger partial charge in [0.05, 0.1) is 15.0 Å². The average molecular weight is 355 g/mol. The van der Waals surface area contributed by atoms with Gasteiger partial charge in [0.25, 0.3) is 11.6 Å². The third kappa shape index (κ3) is 3.31. The summed E-state index contributed by atoms with van der Waals surface area (Å²) in [6.45, 7) is 0. The molecule has 0 saturated heterocycles. The zero-order valence-corrected chi connectivity index (χ0v) is 11.9. The number of nitrogens with zero attached hydrogens (tertiary/aromatic N) is 2. The number of nitrogens with one attached hydrogen (secondary N) is 1. The van der Waals surface area contributed by atoms with Gasteiger partial charge in [0.1, 0.15) is 17.8 Å². The van der Waals surface area contributed by atoms with Gasteiger partial charge in [0.2, 0.25) is 0 Å². The smallest absolute Gasteiger partial charge is 0.288 e. The van der Waals surface area contributed by atoms with Gasteiger partial charge in [0.15, 0.2) is 0 Å². The summed E-state index contributed by atoms with van der Waals surface area (Å²) in [7, 11) is 0. The minimum Gasteiger partial charge on any atom is -0.383 e. The molecule has 0 spiro atoms. The third-order valence-corrected chi connectivity index (χ3v) is 3.18. The van der Waals surface area contributed by atoms with Crippen molar-refractivity contribution in [1.82, 2.24) is 4.98 Å². The van der Waals surface area contributed by atoms with Crippen LogP contribution < -0.4 is 11.1 Å². The van der Waals surface area contributed by atoms with Crippen LogP contribution >= 0.6 is 15.9 Å². The lowest BCUT2D eigenvalue weighted by molar-refractivity contribution is -0.385. The highest BCUT2D eigenvalue weighted by Crippen LogP contribution is 2.21. The monoisotopic (exact) mass is 354 g/mol. The van der Waals surface area contributed by atoms with Crippen molar-refractivity contribution in [3.05, 3.63) is 56.4 Å². The summed E-state index contributed by atoms with van der Waals surface area (Å²) in [5, 5.41) is 13.1. The molecule has 108 valence electrons. The Hall–Kier alpha value is -2.55. The van der Waals surface area contributed by atoms with Crippen LogP contribution in [0.5, 0.6) is 0 Å². The average Bonchev–Trinajstić information content (AvgIpc) is 2.43. The number of anilines is 2. The summed E-state index contributed by atoms with van der Waals surface area (Å²) < 4.78 is 13.6. The van der Waals surface area contributed by atoms with E-state index in [4.69, 9.17) is 5.73 Å². The standard InChI is InChI=1S/C12H8BrFN4O3/c13-9-2-1-6(3-10(9)14)17-12(19)8-4-7(18(20)21)5-16-11(8)15/h1-5H,(H2,15,16)(H,17,19). The molecule has 0 bridgehead atoms. The summed E-state index contributed by atoms with van der Waals surface area (Å²) >= 11 is 2.98. The van der Waals surface area contributed by atoms with Gasteiger partial charge in [-0.05, 0) is 34.1 Å². The summed E-state index contributed by atoms with van der Waals surface area (Å²) in [4.78, 5) is 25.6. The Labute approximate surface area is 126 Å². The molecule has 2 rings (SSSR count). The number of hydrogen-bond donors (Lipinski definition) is 2. The van der Waals surface area contributed by atoms with Crippen molar-refractivity contribution in [3.8, 4) is 0 Å². The fourth-order valence-electron chi connectivity index (χ4n) is 1.52. The van der Waals surface area contributed by atoms with Gasteiger partial charge < -0.3 is 11.1 Å². The molecular weight excluding hydrogens is 347 g/mol. The molecule has 0 aliphatic carbocycles. The number of pyridine rings is 1. The van der Waals surface area contributed by atoms with Crippen molar-refractivity contribution in [3.63, 3.8) is 0 Å². The number of aromatic nitrogens is 1. The summed E-state index contributed by atoms with van der Waals surface area (Å²) in [6.07, 6.45) is 0.950. The predicted octanol–water partition coefficient (Wildman–Crippen LogP) is 2.73. The molecule has 7 nitrogen and oxygen atoms in total. The van der Waals surface area contributed by atoms with Crippen molar-refractivity contribution < 1.29 is 14.1 Å². The Morgan fingerprint density at radius 1 is 1.43 bits per heavy atom. The quantitative estimate of drug-likeness (QED) is 0.650. The molecule has 1 aromatic heterocycles. The van der Waals surface area contributed by atoms with Crippen molar-refractivity contribution in [2.24, 2.45) is 0 Å². The summed E-state index contributed by atoms with van der Waals surface area (Å²) in [5.41, 5.74) is 5.18. The van der Waals surface area contributed by atoms with Gasteiger partial charge in [-0.1, -0.05) is 0 Å².